The molecule has 2 heteroatoms. The highest BCUT2D eigenvalue weighted by Crippen LogP contribution is 2.48. The first-order chi connectivity index (χ1) is 10.8. The molecular weight excluding hydrogens is 270 g/mol. The molecule has 0 radical (unpaired) electrons. The third-order valence-corrected chi connectivity index (χ3v) is 4.52. The Labute approximate surface area is 129 Å². The van der Waals surface area contributed by atoms with Crippen molar-refractivity contribution in [2.45, 2.75) is 18.8 Å². The molecule has 108 valence electrons. The maximum absolute atomic E-state index is 12.5. The molecule has 3 aromatic rings. The van der Waals surface area contributed by atoms with E-state index >= 15 is 0 Å². The maximum atomic E-state index is 12.5. The van der Waals surface area contributed by atoms with Gasteiger partial charge in [-0.05, 0) is 34.9 Å². The first-order valence-electron chi connectivity index (χ1n) is 7.71. The Morgan fingerprint density at radius 2 is 1.91 bits per heavy atom. The molecule has 1 aromatic heterocycles. The lowest BCUT2D eigenvalue weighted by Crippen LogP contribution is -2.06. The van der Waals surface area contributed by atoms with Crippen LogP contribution in [-0.2, 0) is 11.2 Å². The van der Waals surface area contributed by atoms with Gasteiger partial charge in [0.1, 0.15) is 5.78 Å². The smallest absolute Gasteiger partial charge is 0.140 e. The number of pyridine rings is 1. The van der Waals surface area contributed by atoms with Crippen molar-refractivity contribution in [3.63, 3.8) is 0 Å². The summed E-state index contributed by atoms with van der Waals surface area (Å²) in [5, 5.41) is 2.27. The van der Waals surface area contributed by atoms with Crippen molar-refractivity contribution in [1.29, 1.82) is 0 Å². The highest BCUT2D eigenvalue weighted by molar-refractivity contribution is 5.89. The molecule has 1 fully saturated rings. The van der Waals surface area contributed by atoms with Crippen LogP contribution in [0.5, 0.6) is 0 Å². The summed E-state index contributed by atoms with van der Waals surface area (Å²) < 4.78 is 0. The van der Waals surface area contributed by atoms with Crippen molar-refractivity contribution in [1.82, 2.24) is 4.98 Å². The van der Waals surface area contributed by atoms with Gasteiger partial charge in [0.2, 0.25) is 0 Å². The van der Waals surface area contributed by atoms with Gasteiger partial charge >= 0.3 is 0 Å². The molecule has 22 heavy (non-hydrogen) atoms. The molecule has 0 bridgehead atoms. The molecule has 1 aliphatic rings. The van der Waals surface area contributed by atoms with E-state index < -0.39 is 0 Å². The number of aromatic nitrogens is 1. The third-order valence-electron chi connectivity index (χ3n) is 4.52. The van der Waals surface area contributed by atoms with Gasteiger partial charge in [0, 0.05) is 30.1 Å². The van der Waals surface area contributed by atoms with Crippen molar-refractivity contribution in [3.8, 4) is 0 Å². The average Bonchev–Trinajstić information content (AvgIpc) is 3.36. The van der Waals surface area contributed by atoms with E-state index in [1.807, 2.05) is 42.6 Å². The van der Waals surface area contributed by atoms with Gasteiger partial charge in [0.05, 0.1) is 0 Å². The summed E-state index contributed by atoms with van der Waals surface area (Å²) in [4.78, 5) is 16.6. The Kier molecular flexibility index (Phi) is 3.23. The van der Waals surface area contributed by atoms with Crippen LogP contribution in [-0.4, -0.2) is 10.8 Å². The van der Waals surface area contributed by atoms with E-state index in [2.05, 4.69) is 23.2 Å². The molecule has 0 N–H and O–H groups in total. The summed E-state index contributed by atoms with van der Waals surface area (Å²) >= 11 is 0. The minimum atomic E-state index is 0.204. The Morgan fingerprint density at radius 3 is 2.77 bits per heavy atom. The van der Waals surface area contributed by atoms with E-state index in [-0.39, 0.29) is 5.92 Å². The monoisotopic (exact) mass is 287 g/mol. The van der Waals surface area contributed by atoms with Gasteiger partial charge in [-0.15, -0.1) is 0 Å². The second-order valence-corrected chi connectivity index (χ2v) is 6.06. The van der Waals surface area contributed by atoms with E-state index in [0.29, 0.717) is 18.1 Å². The summed E-state index contributed by atoms with van der Waals surface area (Å²) in [6, 6.07) is 18.6. The number of rotatable bonds is 4. The van der Waals surface area contributed by atoms with Crippen molar-refractivity contribution < 1.29 is 4.79 Å². The molecule has 4 rings (SSSR count). The Balaban J connectivity index is 1.48. The summed E-state index contributed by atoms with van der Waals surface area (Å²) in [6.45, 7) is 0. The van der Waals surface area contributed by atoms with Crippen LogP contribution in [0.2, 0.25) is 0 Å². The van der Waals surface area contributed by atoms with Crippen LogP contribution in [0.1, 0.15) is 23.5 Å². The third kappa shape index (κ3) is 2.52. The number of hydrogen-bond donors (Lipinski definition) is 0. The number of carbonyl (C=O) groups excluding carboxylic acids is 1. The maximum Gasteiger partial charge on any atom is 0.140 e. The molecule has 2 unspecified atom stereocenters. The number of nitrogens with zero attached hydrogens (tertiary/aromatic N) is 1. The summed E-state index contributed by atoms with van der Waals surface area (Å²) in [5.41, 5.74) is 2.40. The van der Waals surface area contributed by atoms with Crippen LogP contribution in [0.3, 0.4) is 0 Å². The van der Waals surface area contributed by atoms with Gasteiger partial charge in [0.15, 0.2) is 0 Å². The summed E-state index contributed by atoms with van der Waals surface area (Å²) in [5.74, 6) is 0.996. The van der Waals surface area contributed by atoms with Crippen LogP contribution in [0.25, 0.3) is 10.8 Å². The highest BCUT2D eigenvalue weighted by Gasteiger charge is 2.43. The minimum absolute atomic E-state index is 0.204. The number of fused-ring (bicyclic) bond motifs is 1. The molecule has 0 amide bonds. The quantitative estimate of drug-likeness (QED) is 0.721. The lowest BCUT2D eigenvalue weighted by Gasteiger charge is -2.04. The zero-order valence-electron chi connectivity index (χ0n) is 12.3. The predicted octanol–water partition coefficient (Wildman–Crippen LogP) is 4.15. The van der Waals surface area contributed by atoms with Gasteiger partial charge < -0.3 is 0 Å². The van der Waals surface area contributed by atoms with E-state index in [9.17, 15) is 4.79 Å². The number of Topliss-reactive ketones (excluding diaryl/α,β-unsaturated/α-hetero) is 1. The SMILES string of the molecule is O=C(Cc1ccc2cnccc2c1)C1CC1c1ccccc1. The van der Waals surface area contributed by atoms with Gasteiger partial charge in [-0.3, -0.25) is 9.78 Å². The van der Waals surface area contributed by atoms with E-state index in [1.165, 1.54) is 5.56 Å². The fraction of sp³-hybridized carbons (Fsp3) is 0.200. The minimum Gasteiger partial charge on any atom is -0.299 e. The fourth-order valence-electron chi connectivity index (χ4n) is 3.19. The van der Waals surface area contributed by atoms with E-state index in [4.69, 9.17) is 0 Å². The zero-order chi connectivity index (χ0) is 14.9. The van der Waals surface area contributed by atoms with Crippen LogP contribution >= 0.6 is 0 Å². The molecule has 1 aliphatic carbocycles. The molecular formula is C20H17NO. The zero-order valence-corrected chi connectivity index (χ0v) is 12.3. The number of benzene rings is 2. The molecule has 1 saturated carbocycles. The largest absolute Gasteiger partial charge is 0.299 e. The average molecular weight is 287 g/mol. The normalized spacial score (nSPS) is 20.0. The summed E-state index contributed by atoms with van der Waals surface area (Å²) in [7, 11) is 0. The first-order valence-corrected chi connectivity index (χ1v) is 7.71. The van der Waals surface area contributed by atoms with Gasteiger partial charge in [-0.1, -0.05) is 48.5 Å². The molecule has 0 aliphatic heterocycles. The fourth-order valence-corrected chi connectivity index (χ4v) is 3.19. The van der Waals surface area contributed by atoms with Crippen molar-refractivity contribution in [3.05, 3.63) is 78.1 Å². The van der Waals surface area contributed by atoms with Crippen LogP contribution < -0.4 is 0 Å². The molecule has 2 nitrogen and oxygen atoms in total. The van der Waals surface area contributed by atoms with Gasteiger partial charge in [-0.2, -0.15) is 0 Å². The lowest BCUT2D eigenvalue weighted by molar-refractivity contribution is -0.119. The van der Waals surface area contributed by atoms with Gasteiger partial charge in [0.25, 0.3) is 0 Å². The standard InChI is InChI=1S/C20H17NO/c22-20(19-12-18(19)15-4-2-1-3-5-15)11-14-6-7-17-13-21-9-8-16(17)10-14/h1-10,13,18-19H,11-12H2. The highest BCUT2D eigenvalue weighted by atomic mass is 16.1. The molecule has 2 aromatic carbocycles. The summed E-state index contributed by atoms with van der Waals surface area (Å²) in [6.07, 6.45) is 5.18. The van der Waals surface area contributed by atoms with Crippen LogP contribution in [0, 0.1) is 5.92 Å². The second-order valence-electron chi connectivity index (χ2n) is 6.06. The predicted molar refractivity (Wildman–Crippen MR) is 87.7 cm³/mol. The number of hydrogen-bond acceptors (Lipinski definition) is 2. The van der Waals surface area contributed by atoms with Crippen molar-refractivity contribution in [2.24, 2.45) is 5.92 Å². The Hall–Kier alpha value is -2.48. The molecule has 0 spiro atoms. The van der Waals surface area contributed by atoms with E-state index in [1.54, 1.807) is 6.20 Å². The van der Waals surface area contributed by atoms with Crippen molar-refractivity contribution in [2.75, 3.05) is 0 Å². The van der Waals surface area contributed by atoms with Crippen molar-refractivity contribution >= 4 is 16.6 Å². The topological polar surface area (TPSA) is 30.0 Å². The Bertz CT molecular complexity index is 825. The van der Waals surface area contributed by atoms with E-state index in [0.717, 1.165) is 22.8 Å². The first kappa shape index (κ1) is 13.2. The number of ketones is 1. The number of carbonyl (C=O) groups is 1. The Morgan fingerprint density at radius 1 is 1.05 bits per heavy atom. The molecule has 1 heterocycles. The van der Waals surface area contributed by atoms with Crippen LogP contribution in [0.15, 0.2) is 67.0 Å². The second kappa shape index (κ2) is 5.38. The van der Waals surface area contributed by atoms with Gasteiger partial charge in [-0.25, -0.2) is 0 Å². The molecule has 2 atom stereocenters. The van der Waals surface area contributed by atoms with Crippen LogP contribution in [0.4, 0.5) is 0 Å². The molecule has 0 saturated heterocycles. The lowest BCUT2D eigenvalue weighted by atomic mass is 10.0.